The van der Waals surface area contributed by atoms with E-state index in [1.807, 2.05) is 24.3 Å². The van der Waals surface area contributed by atoms with Gasteiger partial charge in [-0.3, -0.25) is 0 Å². The summed E-state index contributed by atoms with van der Waals surface area (Å²) < 4.78 is 0. The second kappa shape index (κ2) is 8.57. The topological polar surface area (TPSA) is 37.3 Å². The van der Waals surface area contributed by atoms with Gasteiger partial charge in [0.25, 0.3) is 0 Å². The van der Waals surface area contributed by atoms with Crippen LogP contribution in [0.4, 0.5) is 0 Å². The number of rotatable bonds is 9. The van der Waals surface area contributed by atoms with Gasteiger partial charge in [0, 0.05) is 0 Å². The number of carboxylic acid groups (broad SMARTS) is 1. The molecule has 0 amide bonds. The van der Waals surface area contributed by atoms with Gasteiger partial charge in [-0.25, -0.2) is 4.79 Å². The van der Waals surface area contributed by atoms with Gasteiger partial charge in [0.15, 0.2) is 0 Å². The predicted molar refractivity (Wildman–Crippen MR) is 92.6 cm³/mol. The van der Waals surface area contributed by atoms with Crippen molar-refractivity contribution in [1.82, 2.24) is 0 Å². The zero-order valence-electron chi connectivity index (χ0n) is 13.5. The Morgan fingerprint density at radius 2 is 1.59 bits per heavy atom. The summed E-state index contributed by atoms with van der Waals surface area (Å²) in [5, 5.41) is 11.6. The second-order valence-electron chi connectivity index (χ2n) is 5.99. The van der Waals surface area contributed by atoms with Crippen LogP contribution in [0.25, 0.3) is 10.8 Å². The van der Waals surface area contributed by atoms with E-state index in [1.54, 1.807) is 6.07 Å². The van der Waals surface area contributed by atoms with Crippen LogP contribution in [-0.4, -0.2) is 11.1 Å². The Morgan fingerprint density at radius 1 is 0.909 bits per heavy atom. The molecule has 0 heterocycles. The molecule has 2 rings (SSSR count). The summed E-state index contributed by atoms with van der Waals surface area (Å²) in [6.45, 7) is 2.23. The van der Waals surface area contributed by atoms with Crippen molar-refractivity contribution >= 4 is 16.7 Å². The number of unbranched alkanes of at least 4 members (excludes halogenated alkanes) is 6. The molecular formula is C20H26O2. The molecule has 0 aliphatic rings. The van der Waals surface area contributed by atoms with E-state index in [0.29, 0.717) is 5.56 Å². The summed E-state index contributed by atoms with van der Waals surface area (Å²) >= 11 is 0. The van der Waals surface area contributed by atoms with Crippen LogP contribution in [0.3, 0.4) is 0 Å². The maximum atomic E-state index is 11.5. The van der Waals surface area contributed by atoms with E-state index in [2.05, 4.69) is 13.0 Å². The third-order valence-corrected chi connectivity index (χ3v) is 4.30. The Balaban J connectivity index is 2.02. The van der Waals surface area contributed by atoms with Crippen molar-refractivity contribution in [2.75, 3.05) is 0 Å². The van der Waals surface area contributed by atoms with E-state index in [0.717, 1.165) is 29.2 Å². The minimum atomic E-state index is -0.816. The van der Waals surface area contributed by atoms with Gasteiger partial charge in [-0.1, -0.05) is 75.8 Å². The SMILES string of the molecule is CCCCCCCCCc1c(C(=O)O)ccc2ccccc12. The third kappa shape index (κ3) is 4.33. The monoisotopic (exact) mass is 298 g/mol. The van der Waals surface area contributed by atoms with Crippen molar-refractivity contribution in [3.8, 4) is 0 Å². The lowest BCUT2D eigenvalue weighted by Gasteiger charge is -2.10. The molecule has 0 aliphatic carbocycles. The lowest BCUT2D eigenvalue weighted by atomic mass is 9.94. The molecule has 0 aromatic heterocycles. The van der Waals surface area contributed by atoms with Crippen molar-refractivity contribution in [2.24, 2.45) is 0 Å². The fourth-order valence-electron chi connectivity index (χ4n) is 3.06. The fourth-order valence-corrected chi connectivity index (χ4v) is 3.06. The standard InChI is InChI=1S/C20H26O2/c1-2-3-4-5-6-7-8-13-18-17-12-10-9-11-16(17)14-15-19(18)20(21)22/h9-12,14-15H,2-8,13H2,1H3,(H,21,22). The predicted octanol–water partition coefficient (Wildman–Crippen LogP) is 5.83. The molecule has 0 bridgehead atoms. The van der Waals surface area contributed by atoms with Crippen LogP contribution in [0.2, 0.25) is 0 Å². The van der Waals surface area contributed by atoms with Gasteiger partial charge in [0.2, 0.25) is 0 Å². The zero-order chi connectivity index (χ0) is 15.8. The summed E-state index contributed by atoms with van der Waals surface area (Å²) in [5.74, 6) is -0.816. The molecule has 118 valence electrons. The van der Waals surface area contributed by atoms with Crippen LogP contribution in [0, 0.1) is 0 Å². The van der Waals surface area contributed by atoms with Crippen molar-refractivity contribution in [3.63, 3.8) is 0 Å². The lowest BCUT2D eigenvalue weighted by molar-refractivity contribution is 0.0696. The number of hydrogen-bond acceptors (Lipinski definition) is 1. The van der Waals surface area contributed by atoms with Crippen molar-refractivity contribution in [2.45, 2.75) is 58.3 Å². The number of aryl methyl sites for hydroxylation is 1. The van der Waals surface area contributed by atoms with Gasteiger partial charge in [-0.05, 0) is 35.2 Å². The average molecular weight is 298 g/mol. The Morgan fingerprint density at radius 3 is 2.32 bits per heavy atom. The summed E-state index contributed by atoms with van der Waals surface area (Å²) in [7, 11) is 0. The summed E-state index contributed by atoms with van der Waals surface area (Å²) in [5.41, 5.74) is 1.46. The first-order valence-electron chi connectivity index (χ1n) is 8.48. The van der Waals surface area contributed by atoms with Gasteiger partial charge < -0.3 is 5.11 Å². The largest absolute Gasteiger partial charge is 0.478 e. The van der Waals surface area contributed by atoms with Crippen LogP contribution in [0.5, 0.6) is 0 Å². The average Bonchev–Trinajstić information content (AvgIpc) is 2.53. The number of carboxylic acids is 1. The fraction of sp³-hybridized carbons (Fsp3) is 0.450. The van der Waals surface area contributed by atoms with Crippen LogP contribution in [0.1, 0.15) is 67.8 Å². The van der Waals surface area contributed by atoms with E-state index in [1.165, 1.54) is 38.5 Å². The normalized spacial score (nSPS) is 11.0. The van der Waals surface area contributed by atoms with Gasteiger partial charge in [-0.2, -0.15) is 0 Å². The summed E-state index contributed by atoms with van der Waals surface area (Å²) in [4.78, 5) is 11.5. The van der Waals surface area contributed by atoms with Crippen molar-refractivity contribution in [1.29, 1.82) is 0 Å². The molecule has 0 atom stereocenters. The highest BCUT2D eigenvalue weighted by Gasteiger charge is 2.12. The third-order valence-electron chi connectivity index (χ3n) is 4.30. The minimum Gasteiger partial charge on any atom is -0.478 e. The molecule has 0 saturated heterocycles. The van der Waals surface area contributed by atoms with E-state index in [9.17, 15) is 9.90 Å². The van der Waals surface area contributed by atoms with Crippen LogP contribution in [0.15, 0.2) is 36.4 Å². The zero-order valence-corrected chi connectivity index (χ0v) is 13.5. The molecule has 0 unspecified atom stereocenters. The van der Waals surface area contributed by atoms with Gasteiger partial charge in [-0.15, -0.1) is 0 Å². The van der Waals surface area contributed by atoms with Crippen LogP contribution in [-0.2, 0) is 6.42 Å². The summed E-state index contributed by atoms with van der Waals surface area (Å²) in [6.07, 6.45) is 9.60. The Bertz CT molecular complexity index is 616. The molecule has 2 nitrogen and oxygen atoms in total. The summed E-state index contributed by atoms with van der Waals surface area (Å²) in [6, 6.07) is 11.7. The van der Waals surface area contributed by atoms with Crippen LogP contribution >= 0.6 is 0 Å². The first-order valence-corrected chi connectivity index (χ1v) is 8.48. The van der Waals surface area contributed by atoms with E-state index >= 15 is 0 Å². The molecule has 0 saturated carbocycles. The van der Waals surface area contributed by atoms with Gasteiger partial charge >= 0.3 is 5.97 Å². The molecule has 2 heteroatoms. The molecule has 2 aromatic carbocycles. The van der Waals surface area contributed by atoms with Gasteiger partial charge in [0.05, 0.1) is 5.56 Å². The van der Waals surface area contributed by atoms with Crippen LogP contribution < -0.4 is 0 Å². The molecule has 0 aliphatic heterocycles. The molecule has 0 radical (unpaired) electrons. The molecule has 0 spiro atoms. The van der Waals surface area contributed by atoms with E-state index in [-0.39, 0.29) is 0 Å². The number of hydrogen-bond donors (Lipinski definition) is 1. The van der Waals surface area contributed by atoms with Crippen molar-refractivity contribution in [3.05, 3.63) is 47.5 Å². The quantitative estimate of drug-likeness (QED) is 0.591. The molecule has 22 heavy (non-hydrogen) atoms. The van der Waals surface area contributed by atoms with Gasteiger partial charge in [0.1, 0.15) is 0 Å². The molecule has 2 aromatic rings. The number of carbonyl (C=O) groups is 1. The Kier molecular flexibility index (Phi) is 6.45. The molecular weight excluding hydrogens is 272 g/mol. The minimum absolute atomic E-state index is 0.463. The molecule has 1 N–H and O–H groups in total. The number of fused-ring (bicyclic) bond motifs is 1. The highest BCUT2D eigenvalue weighted by molar-refractivity contribution is 5.97. The van der Waals surface area contributed by atoms with E-state index < -0.39 is 5.97 Å². The van der Waals surface area contributed by atoms with E-state index in [4.69, 9.17) is 0 Å². The maximum Gasteiger partial charge on any atom is 0.335 e. The smallest absolute Gasteiger partial charge is 0.335 e. The van der Waals surface area contributed by atoms with Crippen molar-refractivity contribution < 1.29 is 9.90 Å². The number of aromatic carboxylic acids is 1. The Hall–Kier alpha value is -1.83. The first kappa shape index (κ1) is 16.5. The highest BCUT2D eigenvalue weighted by atomic mass is 16.4. The lowest BCUT2D eigenvalue weighted by Crippen LogP contribution is -2.03. The maximum absolute atomic E-state index is 11.5. The second-order valence-corrected chi connectivity index (χ2v) is 5.99. The highest BCUT2D eigenvalue weighted by Crippen LogP contribution is 2.25. The molecule has 0 fully saturated rings. The Labute approximate surface area is 133 Å². The first-order chi connectivity index (χ1) is 10.7. The number of benzene rings is 2.